The number of carbonyl (C=O) groups is 4. The molecule has 3 amide bonds. The Labute approximate surface area is 389 Å². The van der Waals surface area contributed by atoms with E-state index in [1.54, 1.807) is 20.8 Å². The number of ether oxygens (including phenoxy) is 2. The highest BCUT2D eigenvalue weighted by atomic mass is 16.6. The Morgan fingerprint density at radius 2 is 1.08 bits per heavy atom. The van der Waals surface area contributed by atoms with Crippen LogP contribution in [0.5, 0.6) is 0 Å². The first-order valence-electron chi connectivity index (χ1n) is 25.9. The van der Waals surface area contributed by atoms with Crippen LogP contribution in [0.15, 0.2) is 12.2 Å². The van der Waals surface area contributed by atoms with Gasteiger partial charge in [-0.3, -0.25) is 20.1 Å². The maximum atomic E-state index is 14.2. The Kier molecular flexibility index (Phi) is 33.9. The molecule has 0 aromatic heterocycles. The molecule has 1 saturated heterocycles. The van der Waals surface area contributed by atoms with Gasteiger partial charge in [-0.1, -0.05) is 174 Å². The van der Waals surface area contributed by atoms with E-state index < -0.39 is 73.2 Å². The van der Waals surface area contributed by atoms with Gasteiger partial charge in [-0.05, 0) is 59.3 Å². The van der Waals surface area contributed by atoms with Gasteiger partial charge in [0.05, 0.1) is 19.3 Å². The molecule has 0 aromatic carbocycles. The van der Waals surface area contributed by atoms with E-state index in [1.807, 2.05) is 0 Å². The van der Waals surface area contributed by atoms with Crippen LogP contribution in [0.4, 0.5) is 4.79 Å². The third-order valence-corrected chi connectivity index (χ3v) is 12.2. The zero-order chi connectivity index (χ0) is 47.5. The number of hydrogen-bond donors (Lipinski definition) is 6. The Balaban J connectivity index is 2.86. The van der Waals surface area contributed by atoms with Gasteiger partial charge in [0.15, 0.2) is 5.78 Å². The van der Waals surface area contributed by atoms with Crippen LogP contribution in [0.3, 0.4) is 0 Å². The van der Waals surface area contributed by atoms with Crippen molar-refractivity contribution in [2.24, 2.45) is 11.7 Å². The minimum atomic E-state index is -2.21. The fraction of sp³-hybridized carbons (Fsp3) is 0.882. The van der Waals surface area contributed by atoms with Crippen molar-refractivity contribution in [3.63, 3.8) is 0 Å². The Hall–Kier alpha value is -2.58. The van der Waals surface area contributed by atoms with Crippen molar-refractivity contribution < 1.29 is 44.0 Å². The molecule has 1 aliphatic rings. The van der Waals surface area contributed by atoms with Crippen LogP contribution >= 0.6 is 0 Å². The molecule has 1 fully saturated rings. The lowest BCUT2D eigenvalue weighted by molar-refractivity contribution is -0.291. The number of nitrogens with one attached hydrogen (secondary N) is 2. The van der Waals surface area contributed by atoms with Crippen molar-refractivity contribution in [3.05, 3.63) is 12.2 Å². The summed E-state index contributed by atoms with van der Waals surface area (Å²) in [5, 5.41) is 37.2. The summed E-state index contributed by atoms with van der Waals surface area (Å²) in [6.45, 7) is 7.89. The van der Waals surface area contributed by atoms with E-state index in [4.69, 9.17) is 15.2 Å². The van der Waals surface area contributed by atoms with E-state index in [9.17, 15) is 34.5 Å². The molecule has 1 heterocycles. The standard InChI is InChI=1S/C51H96N4O9/c1-6-8-10-12-14-16-18-20-22-24-26-28-30-32-34-36-38-55(45(59)37-35-33-31-29-27-25-23-21-19-17-15-13-11-9-7-2)51(52)46(48(61)47(60)43(41-56)63-51)42(57)39-53-44(58)40-54-49(62)64-50(3,4)5/h21,23,43,46-48,56,60-61H,6-20,22,24-41,52H2,1-5H3,(H,53,58)(H,54,62)/b23-21-/t43-,46-,47-,48-,51+/m1/s1. The van der Waals surface area contributed by atoms with Gasteiger partial charge in [0.1, 0.15) is 30.3 Å². The Bertz CT molecular complexity index is 1260. The summed E-state index contributed by atoms with van der Waals surface area (Å²) in [4.78, 5) is 54.1. The van der Waals surface area contributed by atoms with Gasteiger partial charge in [-0.25, -0.2) is 4.79 Å². The van der Waals surface area contributed by atoms with Crippen molar-refractivity contribution in [2.45, 2.75) is 257 Å². The largest absolute Gasteiger partial charge is 0.444 e. The summed E-state index contributed by atoms with van der Waals surface area (Å²) in [5.74, 6) is -5.68. The number of hydrogen-bond acceptors (Lipinski definition) is 10. The number of amides is 3. The van der Waals surface area contributed by atoms with Crippen molar-refractivity contribution in [3.8, 4) is 0 Å². The van der Waals surface area contributed by atoms with Crippen LogP contribution < -0.4 is 16.4 Å². The highest BCUT2D eigenvalue weighted by molar-refractivity contribution is 5.90. The fourth-order valence-corrected chi connectivity index (χ4v) is 8.46. The second-order valence-corrected chi connectivity index (χ2v) is 19.3. The van der Waals surface area contributed by atoms with E-state index in [-0.39, 0.29) is 18.9 Å². The van der Waals surface area contributed by atoms with Crippen LogP contribution in [-0.4, -0.2) is 99.9 Å². The molecule has 64 heavy (non-hydrogen) atoms. The first kappa shape index (κ1) is 59.4. The minimum absolute atomic E-state index is 0.149. The average Bonchev–Trinajstić information content (AvgIpc) is 3.25. The summed E-state index contributed by atoms with van der Waals surface area (Å²) in [6.07, 6.45) is 32.7. The summed E-state index contributed by atoms with van der Waals surface area (Å²) < 4.78 is 11.2. The lowest BCUT2D eigenvalue weighted by atomic mass is 9.82. The molecule has 13 heteroatoms. The third kappa shape index (κ3) is 27.2. The number of nitrogens with zero attached hydrogens (tertiary/aromatic N) is 1. The quantitative estimate of drug-likeness (QED) is 0.0196. The molecule has 1 rings (SSSR count). The zero-order valence-corrected chi connectivity index (χ0v) is 41.3. The SMILES string of the molecule is CCCCCCCC/C=C\CCCCCCCC(=O)N(CCCCCCCCCCCCCCCCCC)[C@]1(N)O[C@H](CO)[C@@H](O)[C@H](O)[C@H]1C(=O)CNC(=O)CNC(=O)OC(C)(C)C. The Morgan fingerprint density at radius 3 is 1.53 bits per heavy atom. The molecule has 1 aliphatic heterocycles. The molecule has 0 aromatic rings. The van der Waals surface area contributed by atoms with Crippen molar-refractivity contribution in [2.75, 3.05) is 26.2 Å². The van der Waals surface area contributed by atoms with E-state index in [1.165, 1.54) is 114 Å². The second-order valence-electron chi connectivity index (χ2n) is 19.3. The molecule has 374 valence electrons. The minimum Gasteiger partial charge on any atom is -0.444 e. The summed E-state index contributed by atoms with van der Waals surface area (Å²) in [5.41, 5.74) is 6.17. The molecule has 0 bridgehead atoms. The molecule has 7 N–H and O–H groups in total. The number of rotatable bonds is 39. The van der Waals surface area contributed by atoms with E-state index in [2.05, 4.69) is 36.6 Å². The highest BCUT2D eigenvalue weighted by Crippen LogP contribution is 2.36. The number of aliphatic hydroxyl groups excluding tert-OH is 3. The zero-order valence-electron chi connectivity index (χ0n) is 41.3. The highest BCUT2D eigenvalue weighted by Gasteiger charge is 2.58. The summed E-state index contributed by atoms with van der Waals surface area (Å²) >= 11 is 0. The molecule has 0 saturated carbocycles. The van der Waals surface area contributed by atoms with Crippen LogP contribution in [0.2, 0.25) is 0 Å². The molecular weight excluding hydrogens is 813 g/mol. The molecule has 0 spiro atoms. The first-order valence-corrected chi connectivity index (χ1v) is 25.9. The predicted octanol–water partition coefficient (Wildman–Crippen LogP) is 9.67. The van der Waals surface area contributed by atoms with Gasteiger partial charge in [0.2, 0.25) is 17.7 Å². The first-order chi connectivity index (χ1) is 30.7. The predicted molar refractivity (Wildman–Crippen MR) is 257 cm³/mol. The van der Waals surface area contributed by atoms with E-state index >= 15 is 0 Å². The van der Waals surface area contributed by atoms with Crippen LogP contribution in [0.1, 0.15) is 227 Å². The number of Topliss-reactive ketones (excluding diaryl/α,β-unsaturated/α-hetero) is 1. The Morgan fingerprint density at radius 1 is 0.641 bits per heavy atom. The second kappa shape index (κ2) is 36.5. The van der Waals surface area contributed by atoms with Gasteiger partial charge < -0.3 is 40.3 Å². The van der Waals surface area contributed by atoms with Crippen LogP contribution in [0.25, 0.3) is 0 Å². The lowest BCUT2D eigenvalue weighted by Gasteiger charge is -2.52. The van der Waals surface area contributed by atoms with E-state index in [0.717, 1.165) is 64.2 Å². The number of nitrogens with two attached hydrogens (primary N) is 1. The number of aliphatic hydroxyl groups is 3. The fourth-order valence-electron chi connectivity index (χ4n) is 8.46. The molecule has 13 nitrogen and oxygen atoms in total. The molecule has 5 atom stereocenters. The summed E-state index contributed by atoms with van der Waals surface area (Å²) in [6, 6.07) is 0. The molecular formula is C51H96N4O9. The van der Waals surface area contributed by atoms with Gasteiger partial charge in [-0.2, -0.15) is 0 Å². The van der Waals surface area contributed by atoms with E-state index in [0.29, 0.717) is 12.8 Å². The lowest BCUT2D eigenvalue weighted by Crippen LogP contribution is -2.75. The molecule has 0 unspecified atom stereocenters. The molecule has 0 radical (unpaired) electrons. The van der Waals surface area contributed by atoms with Gasteiger partial charge in [-0.15, -0.1) is 0 Å². The number of unbranched alkanes of at least 4 members (excludes halogenated alkanes) is 26. The number of carbonyl (C=O) groups excluding carboxylic acids is 4. The topological polar surface area (TPSA) is 201 Å². The number of allylic oxidation sites excluding steroid dienone is 2. The number of alkyl carbamates (subject to hydrolysis) is 1. The van der Waals surface area contributed by atoms with Crippen molar-refractivity contribution >= 4 is 23.7 Å². The van der Waals surface area contributed by atoms with Crippen LogP contribution in [0, 0.1) is 5.92 Å². The van der Waals surface area contributed by atoms with Crippen LogP contribution in [-0.2, 0) is 23.9 Å². The normalized spacial score (nSPS) is 20.1. The van der Waals surface area contributed by atoms with Gasteiger partial charge in [0.25, 0.3) is 0 Å². The van der Waals surface area contributed by atoms with Gasteiger partial charge in [0, 0.05) is 13.0 Å². The monoisotopic (exact) mass is 909 g/mol. The third-order valence-electron chi connectivity index (χ3n) is 12.2. The van der Waals surface area contributed by atoms with Crippen molar-refractivity contribution in [1.29, 1.82) is 0 Å². The van der Waals surface area contributed by atoms with Crippen molar-refractivity contribution in [1.82, 2.24) is 15.5 Å². The maximum absolute atomic E-state index is 14.2. The summed E-state index contributed by atoms with van der Waals surface area (Å²) in [7, 11) is 0. The van der Waals surface area contributed by atoms with Gasteiger partial charge >= 0.3 is 6.09 Å². The molecule has 0 aliphatic carbocycles. The maximum Gasteiger partial charge on any atom is 0.408 e. The number of ketones is 1. The average molecular weight is 909 g/mol. The smallest absolute Gasteiger partial charge is 0.408 e.